The molecular formula is C18H26BrNO2. The molecule has 0 spiro atoms. The summed E-state index contributed by atoms with van der Waals surface area (Å²) in [4.78, 5) is 2.45. The van der Waals surface area contributed by atoms with Crippen LogP contribution >= 0.6 is 15.9 Å². The molecule has 3 rings (SSSR count). The predicted molar refractivity (Wildman–Crippen MR) is 92.2 cm³/mol. The summed E-state index contributed by atoms with van der Waals surface area (Å²) in [6, 6.07) is 8.48. The SMILES string of the molecule is OC1(C(CN2CCOCC2)c2cccc(Br)c2)CCCCC1. The summed E-state index contributed by atoms with van der Waals surface area (Å²) in [6.07, 6.45) is 5.39. The summed E-state index contributed by atoms with van der Waals surface area (Å²) in [6.45, 7) is 4.49. The Labute approximate surface area is 141 Å². The van der Waals surface area contributed by atoms with Crippen LogP contribution in [0.1, 0.15) is 43.6 Å². The highest BCUT2D eigenvalue weighted by molar-refractivity contribution is 9.10. The lowest BCUT2D eigenvalue weighted by Crippen LogP contribution is -2.47. The second-order valence-electron chi connectivity index (χ2n) is 6.68. The number of morpholine rings is 1. The van der Waals surface area contributed by atoms with Gasteiger partial charge in [-0.1, -0.05) is 47.3 Å². The van der Waals surface area contributed by atoms with Crippen molar-refractivity contribution in [2.45, 2.75) is 43.6 Å². The molecule has 0 amide bonds. The number of hydrogen-bond acceptors (Lipinski definition) is 3. The Balaban J connectivity index is 1.83. The Morgan fingerprint density at radius 1 is 1.18 bits per heavy atom. The first kappa shape index (κ1) is 16.4. The number of rotatable bonds is 4. The van der Waals surface area contributed by atoms with Crippen LogP contribution in [0.3, 0.4) is 0 Å². The van der Waals surface area contributed by atoms with Crippen LogP contribution in [0.5, 0.6) is 0 Å². The Hall–Kier alpha value is -0.420. The van der Waals surface area contributed by atoms with E-state index in [2.05, 4.69) is 45.1 Å². The normalized spacial score (nSPS) is 24.1. The average molecular weight is 368 g/mol. The standard InChI is InChI=1S/C18H26BrNO2/c19-16-6-4-5-15(13-16)17(14-20-9-11-22-12-10-20)18(21)7-2-1-3-8-18/h4-6,13,17,21H,1-3,7-12,14H2. The number of nitrogens with zero attached hydrogens (tertiary/aromatic N) is 1. The molecule has 1 saturated heterocycles. The summed E-state index contributed by atoms with van der Waals surface area (Å²) in [5.41, 5.74) is 0.697. The maximum Gasteiger partial charge on any atom is 0.0728 e. The van der Waals surface area contributed by atoms with E-state index in [0.29, 0.717) is 0 Å². The monoisotopic (exact) mass is 367 g/mol. The number of halogens is 1. The maximum absolute atomic E-state index is 11.3. The Bertz CT molecular complexity index is 482. The van der Waals surface area contributed by atoms with Gasteiger partial charge < -0.3 is 9.84 Å². The van der Waals surface area contributed by atoms with Gasteiger partial charge >= 0.3 is 0 Å². The zero-order valence-electron chi connectivity index (χ0n) is 13.1. The fourth-order valence-corrected chi connectivity index (χ4v) is 4.28. The van der Waals surface area contributed by atoms with E-state index in [9.17, 15) is 5.11 Å². The lowest BCUT2D eigenvalue weighted by molar-refractivity contribution is -0.0414. The smallest absolute Gasteiger partial charge is 0.0728 e. The first-order chi connectivity index (χ1) is 10.7. The Morgan fingerprint density at radius 2 is 1.91 bits per heavy atom. The van der Waals surface area contributed by atoms with Gasteiger partial charge in [-0.2, -0.15) is 0 Å². The molecule has 3 nitrogen and oxygen atoms in total. The van der Waals surface area contributed by atoms with Gasteiger partial charge in [0.2, 0.25) is 0 Å². The molecule has 1 atom stereocenters. The van der Waals surface area contributed by atoms with Crippen molar-refractivity contribution < 1.29 is 9.84 Å². The molecular weight excluding hydrogens is 342 g/mol. The molecule has 1 aliphatic heterocycles. The third-order valence-corrected chi connectivity index (χ3v) is 5.66. The van der Waals surface area contributed by atoms with Crippen molar-refractivity contribution in [2.75, 3.05) is 32.8 Å². The van der Waals surface area contributed by atoms with Crippen LogP contribution in [0, 0.1) is 0 Å². The lowest BCUT2D eigenvalue weighted by atomic mass is 9.72. The van der Waals surface area contributed by atoms with E-state index in [0.717, 1.165) is 63.0 Å². The first-order valence-corrected chi connectivity index (χ1v) is 9.25. The molecule has 1 unspecified atom stereocenters. The topological polar surface area (TPSA) is 32.7 Å². The van der Waals surface area contributed by atoms with Crippen LogP contribution in [0.4, 0.5) is 0 Å². The number of ether oxygens (including phenoxy) is 1. The van der Waals surface area contributed by atoms with E-state index in [4.69, 9.17) is 4.74 Å². The average Bonchev–Trinajstić information content (AvgIpc) is 2.54. The van der Waals surface area contributed by atoms with Gasteiger partial charge in [-0.05, 0) is 30.5 Å². The van der Waals surface area contributed by atoms with E-state index in [1.54, 1.807) is 0 Å². The van der Waals surface area contributed by atoms with Crippen molar-refractivity contribution in [3.05, 3.63) is 34.3 Å². The molecule has 0 radical (unpaired) electrons. The van der Waals surface area contributed by atoms with Gasteiger partial charge in [-0.25, -0.2) is 0 Å². The molecule has 1 saturated carbocycles. The molecule has 22 heavy (non-hydrogen) atoms. The summed E-state index contributed by atoms with van der Waals surface area (Å²) in [5.74, 6) is 0.184. The highest BCUT2D eigenvalue weighted by Crippen LogP contribution is 2.41. The minimum absolute atomic E-state index is 0.184. The lowest BCUT2D eigenvalue weighted by Gasteiger charge is -2.42. The molecule has 1 aromatic carbocycles. The van der Waals surface area contributed by atoms with Crippen molar-refractivity contribution in [2.24, 2.45) is 0 Å². The second kappa shape index (κ2) is 7.43. The predicted octanol–water partition coefficient (Wildman–Crippen LogP) is 3.56. The zero-order chi connectivity index (χ0) is 15.4. The molecule has 122 valence electrons. The van der Waals surface area contributed by atoms with Crippen molar-refractivity contribution in [3.63, 3.8) is 0 Å². The van der Waals surface area contributed by atoms with Gasteiger partial charge in [0.25, 0.3) is 0 Å². The van der Waals surface area contributed by atoms with E-state index in [-0.39, 0.29) is 5.92 Å². The van der Waals surface area contributed by atoms with E-state index in [1.165, 1.54) is 12.0 Å². The molecule has 1 aromatic rings. The van der Waals surface area contributed by atoms with Gasteiger partial charge in [0.15, 0.2) is 0 Å². The van der Waals surface area contributed by atoms with Gasteiger partial charge in [0, 0.05) is 30.0 Å². The van der Waals surface area contributed by atoms with Crippen LogP contribution in [0.2, 0.25) is 0 Å². The molecule has 0 bridgehead atoms. The highest BCUT2D eigenvalue weighted by atomic mass is 79.9. The van der Waals surface area contributed by atoms with Crippen LogP contribution in [-0.4, -0.2) is 48.5 Å². The van der Waals surface area contributed by atoms with Crippen molar-refractivity contribution in [1.29, 1.82) is 0 Å². The molecule has 2 aliphatic rings. The fourth-order valence-electron chi connectivity index (χ4n) is 3.86. The highest BCUT2D eigenvalue weighted by Gasteiger charge is 2.39. The van der Waals surface area contributed by atoms with E-state index >= 15 is 0 Å². The number of benzene rings is 1. The molecule has 1 aliphatic carbocycles. The number of aliphatic hydroxyl groups is 1. The number of hydrogen-bond donors (Lipinski definition) is 1. The van der Waals surface area contributed by atoms with Crippen molar-refractivity contribution >= 4 is 15.9 Å². The summed E-state index contributed by atoms with van der Waals surface area (Å²) < 4.78 is 6.56. The second-order valence-corrected chi connectivity index (χ2v) is 7.60. The molecule has 0 aromatic heterocycles. The minimum Gasteiger partial charge on any atom is -0.389 e. The van der Waals surface area contributed by atoms with Crippen molar-refractivity contribution in [3.8, 4) is 0 Å². The fraction of sp³-hybridized carbons (Fsp3) is 0.667. The van der Waals surface area contributed by atoms with Crippen LogP contribution in [-0.2, 0) is 4.74 Å². The van der Waals surface area contributed by atoms with Gasteiger partial charge in [-0.15, -0.1) is 0 Å². The quantitative estimate of drug-likeness (QED) is 0.882. The van der Waals surface area contributed by atoms with Gasteiger partial charge in [0.05, 0.1) is 18.8 Å². The zero-order valence-corrected chi connectivity index (χ0v) is 14.7. The Kier molecular flexibility index (Phi) is 5.55. The summed E-state index contributed by atoms with van der Waals surface area (Å²) >= 11 is 3.58. The van der Waals surface area contributed by atoms with E-state index < -0.39 is 5.60 Å². The van der Waals surface area contributed by atoms with Crippen LogP contribution < -0.4 is 0 Å². The first-order valence-electron chi connectivity index (χ1n) is 8.45. The molecule has 1 heterocycles. The molecule has 4 heteroatoms. The Morgan fingerprint density at radius 3 is 2.59 bits per heavy atom. The van der Waals surface area contributed by atoms with Crippen LogP contribution in [0.15, 0.2) is 28.7 Å². The van der Waals surface area contributed by atoms with E-state index in [1.807, 2.05) is 0 Å². The van der Waals surface area contributed by atoms with Gasteiger partial charge in [0.1, 0.15) is 0 Å². The summed E-state index contributed by atoms with van der Waals surface area (Å²) in [7, 11) is 0. The van der Waals surface area contributed by atoms with Gasteiger partial charge in [-0.3, -0.25) is 4.90 Å². The maximum atomic E-state index is 11.3. The van der Waals surface area contributed by atoms with Crippen LogP contribution in [0.25, 0.3) is 0 Å². The third kappa shape index (κ3) is 3.91. The largest absolute Gasteiger partial charge is 0.389 e. The molecule has 1 N–H and O–H groups in total. The summed E-state index contributed by atoms with van der Waals surface area (Å²) in [5, 5.41) is 11.3. The van der Waals surface area contributed by atoms with Crippen molar-refractivity contribution in [1.82, 2.24) is 4.90 Å². The molecule has 2 fully saturated rings. The third-order valence-electron chi connectivity index (χ3n) is 5.16. The minimum atomic E-state index is -0.558.